The number of hydrogen-bond donors (Lipinski definition) is 1. The first-order valence-corrected chi connectivity index (χ1v) is 6.13. The van der Waals surface area contributed by atoms with E-state index in [1.807, 2.05) is 0 Å². The van der Waals surface area contributed by atoms with Crippen LogP contribution >= 0.6 is 0 Å². The number of carboxylic acids is 1. The molecule has 0 saturated heterocycles. The van der Waals surface area contributed by atoms with Crippen LogP contribution in [0.2, 0.25) is 0 Å². The van der Waals surface area contributed by atoms with Crippen molar-refractivity contribution in [3.8, 4) is 0 Å². The summed E-state index contributed by atoms with van der Waals surface area (Å²) in [5.74, 6) is -1.30. The van der Waals surface area contributed by atoms with E-state index in [0.29, 0.717) is 17.7 Å². The van der Waals surface area contributed by atoms with Gasteiger partial charge in [-0.15, -0.1) is 0 Å². The maximum atomic E-state index is 12.2. The molecular weight excluding hydrogens is 264 g/mol. The van der Waals surface area contributed by atoms with Gasteiger partial charge in [0.25, 0.3) is 11.6 Å². The molecule has 0 atom stereocenters. The van der Waals surface area contributed by atoms with Gasteiger partial charge >= 0.3 is 5.97 Å². The third kappa shape index (κ3) is 3.78. The summed E-state index contributed by atoms with van der Waals surface area (Å²) >= 11 is 0. The number of aryl methyl sites for hydroxylation is 1. The number of carbonyl (C=O) groups excluding carboxylic acids is 1. The van der Waals surface area contributed by atoms with Gasteiger partial charge in [-0.1, -0.05) is 0 Å². The Hall–Kier alpha value is -2.44. The topological polar surface area (TPSA) is 101 Å². The lowest BCUT2D eigenvalue weighted by molar-refractivity contribution is -0.385. The van der Waals surface area contributed by atoms with E-state index in [1.54, 1.807) is 13.8 Å². The van der Waals surface area contributed by atoms with Gasteiger partial charge in [0, 0.05) is 30.3 Å². The number of hydrogen-bond acceptors (Lipinski definition) is 4. The summed E-state index contributed by atoms with van der Waals surface area (Å²) in [7, 11) is 0. The largest absolute Gasteiger partial charge is 0.481 e. The van der Waals surface area contributed by atoms with Crippen molar-refractivity contribution in [1.82, 2.24) is 4.90 Å². The Labute approximate surface area is 116 Å². The minimum atomic E-state index is -0.976. The molecule has 0 bridgehead atoms. The Morgan fingerprint density at radius 3 is 2.50 bits per heavy atom. The van der Waals surface area contributed by atoms with Crippen LogP contribution in [0.1, 0.15) is 29.3 Å². The molecule has 1 amide bonds. The highest BCUT2D eigenvalue weighted by Gasteiger charge is 2.18. The zero-order chi connectivity index (χ0) is 15.3. The number of nitro groups is 1. The van der Waals surface area contributed by atoms with E-state index < -0.39 is 10.9 Å². The lowest BCUT2D eigenvalue weighted by atomic mass is 10.1. The van der Waals surface area contributed by atoms with E-state index in [-0.39, 0.29) is 24.6 Å². The minimum absolute atomic E-state index is 0.0462. The van der Waals surface area contributed by atoms with Gasteiger partial charge in [0.1, 0.15) is 0 Å². The van der Waals surface area contributed by atoms with Crippen molar-refractivity contribution < 1.29 is 19.6 Å². The molecule has 1 rings (SSSR count). The van der Waals surface area contributed by atoms with Crippen molar-refractivity contribution >= 4 is 17.6 Å². The average molecular weight is 280 g/mol. The fourth-order valence-corrected chi connectivity index (χ4v) is 1.81. The van der Waals surface area contributed by atoms with Crippen LogP contribution in [0.4, 0.5) is 5.69 Å². The summed E-state index contributed by atoms with van der Waals surface area (Å²) in [5, 5.41) is 19.4. The summed E-state index contributed by atoms with van der Waals surface area (Å²) in [5.41, 5.74) is 0.672. The van der Waals surface area contributed by atoms with Crippen LogP contribution in [0.5, 0.6) is 0 Å². The second-order valence-electron chi connectivity index (χ2n) is 4.29. The Morgan fingerprint density at radius 2 is 2.05 bits per heavy atom. The van der Waals surface area contributed by atoms with Gasteiger partial charge in [0.05, 0.1) is 11.3 Å². The van der Waals surface area contributed by atoms with E-state index in [4.69, 9.17) is 5.11 Å². The molecule has 0 radical (unpaired) electrons. The third-order valence-electron chi connectivity index (χ3n) is 2.90. The third-order valence-corrected chi connectivity index (χ3v) is 2.90. The summed E-state index contributed by atoms with van der Waals surface area (Å²) in [4.78, 5) is 34.3. The van der Waals surface area contributed by atoms with Crippen LogP contribution in [0.15, 0.2) is 18.2 Å². The van der Waals surface area contributed by atoms with E-state index in [9.17, 15) is 19.7 Å². The van der Waals surface area contributed by atoms with Crippen molar-refractivity contribution in [3.63, 3.8) is 0 Å². The molecular formula is C13H16N2O5. The lowest BCUT2D eigenvalue weighted by Gasteiger charge is -2.20. The van der Waals surface area contributed by atoms with Gasteiger partial charge < -0.3 is 10.0 Å². The molecule has 20 heavy (non-hydrogen) atoms. The summed E-state index contributed by atoms with van der Waals surface area (Å²) in [6, 6.07) is 4.12. The van der Waals surface area contributed by atoms with Crippen molar-refractivity contribution in [2.45, 2.75) is 20.3 Å². The van der Waals surface area contributed by atoms with E-state index >= 15 is 0 Å². The number of carbonyl (C=O) groups is 2. The molecule has 0 unspecified atom stereocenters. The molecule has 0 aliphatic heterocycles. The average Bonchev–Trinajstić information content (AvgIpc) is 2.38. The molecule has 0 aliphatic rings. The molecule has 0 aliphatic carbocycles. The first kappa shape index (κ1) is 15.6. The van der Waals surface area contributed by atoms with Gasteiger partial charge in [-0.2, -0.15) is 0 Å². The molecule has 7 nitrogen and oxygen atoms in total. The fourth-order valence-electron chi connectivity index (χ4n) is 1.81. The fraction of sp³-hybridized carbons (Fsp3) is 0.385. The number of rotatable bonds is 6. The van der Waals surface area contributed by atoms with E-state index in [2.05, 4.69) is 0 Å². The highest BCUT2D eigenvalue weighted by atomic mass is 16.6. The molecule has 0 aromatic heterocycles. The smallest absolute Gasteiger partial charge is 0.305 e. The van der Waals surface area contributed by atoms with E-state index in [1.165, 1.54) is 23.1 Å². The van der Waals surface area contributed by atoms with Gasteiger partial charge in [-0.3, -0.25) is 19.7 Å². The molecule has 1 aromatic rings. The lowest BCUT2D eigenvalue weighted by Crippen LogP contribution is -2.32. The van der Waals surface area contributed by atoms with Crippen LogP contribution in [0, 0.1) is 17.0 Å². The maximum absolute atomic E-state index is 12.2. The SMILES string of the molecule is CCN(CCC(=O)O)C(=O)c1ccc([N+](=O)[O-])c(C)c1. The molecule has 1 N–H and O–H groups in total. The number of nitrogens with zero attached hydrogens (tertiary/aromatic N) is 2. The van der Waals surface area contributed by atoms with Crippen LogP contribution in [0.3, 0.4) is 0 Å². The maximum Gasteiger partial charge on any atom is 0.305 e. The Kier molecular flexibility index (Phi) is 5.19. The molecule has 108 valence electrons. The summed E-state index contributed by atoms with van der Waals surface area (Å²) < 4.78 is 0. The van der Waals surface area contributed by atoms with Gasteiger partial charge in [0.2, 0.25) is 0 Å². The van der Waals surface area contributed by atoms with Gasteiger partial charge in [-0.05, 0) is 26.0 Å². The van der Waals surface area contributed by atoms with Crippen molar-refractivity contribution in [3.05, 3.63) is 39.4 Å². The summed E-state index contributed by atoms with van der Waals surface area (Å²) in [6.07, 6.45) is -0.133. The second-order valence-corrected chi connectivity index (χ2v) is 4.29. The molecule has 0 heterocycles. The molecule has 7 heteroatoms. The Bertz CT molecular complexity index is 542. The molecule has 0 saturated carbocycles. The van der Waals surface area contributed by atoms with Crippen LogP contribution in [0.25, 0.3) is 0 Å². The van der Waals surface area contributed by atoms with Gasteiger partial charge in [0.15, 0.2) is 0 Å². The number of aliphatic carboxylic acids is 1. The second kappa shape index (κ2) is 6.65. The monoisotopic (exact) mass is 280 g/mol. The van der Waals surface area contributed by atoms with Crippen LogP contribution < -0.4 is 0 Å². The number of amides is 1. The Morgan fingerprint density at radius 1 is 1.40 bits per heavy atom. The zero-order valence-electron chi connectivity index (χ0n) is 11.3. The predicted octanol–water partition coefficient (Wildman–Crippen LogP) is 1.84. The van der Waals surface area contributed by atoms with Gasteiger partial charge in [-0.25, -0.2) is 0 Å². The molecule has 1 aromatic carbocycles. The molecule has 0 spiro atoms. The van der Waals surface area contributed by atoms with Crippen molar-refractivity contribution in [1.29, 1.82) is 0 Å². The van der Waals surface area contributed by atoms with Crippen LogP contribution in [-0.4, -0.2) is 39.9 Å². The van der Waals surface area contributed by atoms with Crippen LogP contribution in [-0.2, 0) is 4.79 Å². The van der Waals surface area contributed by atoms with Crippen molar-refractivity contribution in [2.24, 2.45) is 0 Å². The number of benzene rings is 1. The zero-order valence-corrected chi connectivity index (χ0v) is 11.3. The minimum Gasteiger partial charge on any atom is -0.481 e. The van der Waals surface area contributed by atoms with E-state index in [0.717, 1.165) is 0 Å². The quantitative estimate of drug-likeness (QED) is 0.633. The first-order valence-electron chi connectivity index (χ1n) is 6.13. The number of carboxylic acid groups (broad SMARTS) is 1. The number of nitro benzene ring substituents is 1. The highest BCUT2D eigenvalue weighted by molar-refractivity contribution is 5.94. The Balaban J connectivity index is 2.92. The van der Waals surface area contributed by atoms with Crippen molar-refractivity contribution in [2.75, 3.05) is 13.1 Å². The standard InChI is InChI=1S/C13H16N2O5/c1-3-14(7-6-12(16)17)13(18)10-4-5-11(15(19)20)9(2)8-10/h4-5,8H,3,6-7H2,1-2H3,(H,16,17). The highest BCUT2D eigenvalue weighted by Crippen LogP contribution is 2.19. The predicted molar refractivity (Wildman–Crippen MR) is 71.7 cm³/mol. The first-order chi connectivity index (χ1) is 9.36. The summed E-state index contributed by atoms with van der Waals surface area (Å²) in [6.45, 7) is 3.79. The normalized spacial score (nSPS) is 10.1. The molecule has 0 fully saturated rings.